The van der Waals surface area contributed by atoms with E-state index in [4.69, 9.17) is 0 Å². The minimum absolute atomic E-state index is 0.314. The van der Waals surface area contributed by atoms with E-state index >= 15 is 0 Å². The summed E-state index contributed by atoms with van der Waals surface area (Å²) in [6, 6.07) is 8.64. The average Bonchev–Trinajstić information content (AvgIpc) is 2.72. The number of rotatable bonds is 3. The van der Waals surface area contributed by atoms with E-state index in [1.54, 1.807) is 36.2 Å². The van der Waals surface area contributed by atoms with E-state index in [2.05, 4.69) is 0 Å². The Morgan fingerprint density at radius 1 is 1.29 bits per heavy atom. The maximum absolute atomic E-state index is 12.4. The van der Waals surface area contributed by atoms with E-state index in [0.717, 1.165) is 6.42 Å². The molecule has 0 spiro atoms. The summed E-state index contributed by atoms with van der Waals surface area (Å²) in [6.45, 7) is 0.644. The summed E-state index contributed by atoms with van der Waals surface area (Å²) >= 11 is 0. The van der Waals surface area contributed by atoms with Crippen molar-refractivity contribution in [3.05, 3.63) is 35.9 Å². The molecule has 0 aliphatic carbocycles. The highest BCUT2D eigenvalue weighted by atomic mass is 16.4. The van der Waals surface area contributed by atoms with Crippen molar-refractivity contribution in [2.75, 3.05) is 13.6 Å². The van der Waals surface area contributed by atoms with Crippen LogP contribution in [-0.4, -0.2) is 40.9 Å². The number of benzene rings is 1. The second kappa shape index (κ2) is 4.30. The van der Waals surface area contributed by atoms with E-state index in [0.29, 0.717) is 18.5 Å². The number of carboxylic acid groups (broad SMARTS) is 1. The number of nitrogens with zero attached hydrogens (tertiary/aromatic N) is 1. The molecule has 0 amide bonds. The number of carbonyl (C=O) groups excluding carboxylic acids is 1. The Morgan fingerprint density at radius 2 is 1.94 bits per heavy atom. The van der Waals surface area contributed by atoms with Gasteiger partial charge in [-0.2, -0.15) is 0 Å². The number of likely N-dealkylation sites (tertiary alicyclic amines) is 1. The highest BCUT2D eigenvalue weighted by Gasteiger charge is 2.52. The molecule has 1 atom stereocenters. The van der Waals surface area contributed by atoms with Gasteiger partial charge < -0.3 is 5.11 Å². The number of carbonyl (C=O) groups is 2. The number of carboxylic acids is 1. The van der Waals surface area contributed by atoms with E-state index in [1.807, 2.05) is 6.07 Å². The molecule has 4 heteroatoms. The third-order valence-electron chi connectivity index (χ3n) is 3.45. The fourth-order valence-corrected chi connectivity index (χ4v) is 2.44. The van der Waals surface area contributed by atoms with Crippen LogP contribution in [-0.2, 0) is 4.79 Å². The normalized spacial score (nSPS) is 24.8. The lowest BCUT2D eigenvalue weighted by Gasteiger charge is -2.30. The molecule has 0 aromatic heterocycles. The standard InChI is InChI=1S/C13H15NO3/c1-14-9-5-8-13(14,12(16)17)11(15)10-6-3-2-4-7-10/h2-4,6-7H,5,8-9H2,1H3,(H,16,17)/t13-/m1/s1. The lowest BCUT2D eigenvalue weighted by molar-refractivity contribution is -0.145. The minimum Gasteiger partial charge on any atom is -0.480 e. The molecule has 2 rings (SSSR count). The smallest absolute Gasteiger partial charge is 0.332 e. The molecule has 1 fully saturated rings. The average molecular weight is 233 g/mol. The Kier molecular flexibility index (Phi) is 2.98. The van der Waals surface area contributed by atoms with Gasteiger partial charge in [0.05, 0.1) is 0 Å². The van der Waals surface area contributed by atoms with E-state index < -0.39 is 11.5 Å². The first-order valence-electron chi connectivity index (χ1n) is 5.63. The molecule has 1 heterocycles. The summed E-state index contributed by atoms with van der Waals surface area (Å²) in [6.07, 6.45) is 1.12. The number of ketones is 1. The van der Waals surface area contributed by atoms with Gasteiger partial charge in [0.2, 0.25) is 0 Å². The van der Waals surface area contributed by atoms with Crippen molar-refractivity contribution < 1.29 is 14.7 Å². The molecule has 0 bridgehead atoms. The molecule has 1 aliphatic heterocycles. The molecule has 90 valence electrons. The second-order valence-corrected chi connectivity index (χ2v) is 4.39. The first-order chi connectivity index (χ1) is 8.09. The number of hydrogen-bond acceptors (Lipinski definition) is 3. The zero-order chi connectivity index (χ0) is 12.5. The maximum Gasteiger partial charge on any atom is 0.332 e. The Balaban J connectivity index is 2.42. The summed E-state index contributed by atoms with van der Waals surface area (Å²) in [5, 5.41) is 9.40. The summed E-state index contributed by atoms with van der Waals surface area (Å²) in [5.74, 6) is -1.36. The summed E-state index contributed by atoms with van der Waals surface area (Å²) < 4.78 is 0. The monoisotopic (exact) mass is 233 g/mol. The molecule has 1 aromatic rings. The Bertz CT molecular complexity index is 443. The van der Waals surface area contributed by atoms with E-state index in [1.165, 1.54) is 0 Å². The first kappa shape index (κ1) is 11.8. The number of likely N-dealkylation sites (N-methyl/N-ethyl adjacent to an activating group) is 1. The number of aliphatic carboxylic acids is 1. The molecule has 1 aromatic carbocycles. The van der Waals surface area contributed by atoms with Crippen molar-refractivity contribution >= 4 is 11.8 Å². The lowest BCUT2D eigenvalue weighted by Crippen LogP contribution is -2.55. The van der Waals surface area contributed by atoms with Crippen molar-refractivity contribution in [2.24, 2.45) is 0 Å². The Labute approximate surface area is 99.9 Å². The summed E-state index contributed by atoms with van der Waals surface area (Å²) in [7, 11) is 1.70. The third-order valence-corrected chi connectivity index (χ3v) is 3.45. The van der Waals surface area contributed by atoms with Gasteiger partial charge in [-0.25, -0.2) is 4.79 Å². The Hall–Kier alpha value is -1.68. The van der Waals surface area contributed by atoms with Crippen LogP contribution in [0.1, 0.15) is 23.2 Å². The third kappa shape index (κ3) is 1.74. The van der Waals surface area contributed by atoms with Crippen LogP contribution >= 0.6 is 0 Å². The van der Waals surface area contributed by atoms with Gasteiger partial charge in [-0.15, -0.1) is 0 Å². The molecule has 1 aliphatic rings. The molecule has 1 N–H and O–H groups in total. The van der Waals surface area contributed by atoms with Crippen LogP contribution < -0.4 is 0 Å². The zero-order valence-corrected chi connectivity index (χ0v) is 9.72. The minimum atomic E-state index is -1.37. The van der Waals surface area contributed by atoms with Crippen LogP contribution in [0.3, 0.4) is 0 Å². The molecule has 1 saturated heterocycles. The summed E-state index contributed by atoms with van der Waals surface area (Å²) in [5.41, 5.74) is -0.912. The summed E-state index contributed by atoms with van der Waals surface area (Å²) in [4.78, 5) is 25.5. The van der Waals surface area contributed by atoms with Gasteiger partial charge in [-0.1, -0.05) is 30.3 Å². The topological polar surface area (TPSA) is 57.6 Å². The van der Waals surface area contributed by atoms with Crippen LogP contribution in [0.5, 0.6) is 0 Å². The molecule has 0 radical (unpaired) electrons. The first-order valence-corrected chi connectivity index (χ1v) is 5.63. The molecular weight excluding hydrogens is 218 g/mol. The van der Waals surface area contributed by atoms with Gasteiger partial charge in [-0.05, 0) is 26.4 Å². The van der Waals surface area contributed by atoms with Crippen molar-refractivity contribution in [2.45, 2.75) is 18.4 Å². The van der Waals surface area contributed by atoms with Gasteiger partial charge in [0.15, 0.2) is 11.3 Å². The highest BCUT2D eigenvalue weighted by molar-refractivity contribution is 6.16. The predicted molar refractivity (Wildman–Crippen MR) is 63.0 cm³/mol. The van der Waals surface area contributed by atoms with Crippen LogP contribution in [0, 0.1) is 0 Å². The van der Waals surface area contributed by atoms with Crippen molar-refractivity contribution in [1.82, 2.24) is 4.90 Å². The van der Waals surface area contributed by atoms with Gasteiger partial charge in [-0.3, -0.25) is 9.69 Å². The van der Waals surface area contributed by atoms with Crippen molar-refractivity contribution in [3.63, 3.8) is 0 Å². The molecule has 0 saturated carbocycles. The van der Waals surface area contributed by atoms with Crippen molar-refractivity contribution in [3.8, 4) is 0 Å². The van der Waals surface area contributed by atoms with Crippen LogP contribution in [0.25, 0.3) is 0 Å². The molecule has 0 unspecified atom stereocenters. The van der Waals surface area contributed by atoms with Crippen LogP contribution in [0.15, 0.2) is 30.3 Å². The van der Waals surface area contributed by atoms with Gasteiger partial charge in [0, 0.05) is 5.56 Å². The quantitative estimate of drug-likeness (QED) is 0.633. The van der Waals surface area contributed by atoms with E-state index in [9.17, 15) is 14.7 Å². The fraction of sp³-hybridized carbons (Fsp3) is 0.385. The predicted octanol–water partition coefficient (Wildman–Crippen LogP) is 1.42. The van der Waals surface area contributed by atoms with Gasteiger partial charge in [0.25, 0.3) is 0 Å². The lowest BCUT2D eigenvalue weighted by atomic mass is 9.87. The maximum atomic E-state index is 12.4. The van der Waals surface area contributed by atoms with Gasteiger partial charge >= 0.3 is 5.97 Å². The van der Waals surface area contributed by atoms with Gasteiger partial charge in [0.1, 0.15) is 0 Å². The van der Waals surface area contributed by atoms with Crippen molar-refractivity contribution in [1.29, 1.82) is 0 Å². The number of hydrogen-bond donors (Lipinski definition) is 1. The highest BCUT2D eigenvalue weighted by Crippen LogP contribution is 2.31. The van der Waals surface area contributed by atoms with Crippen LogP contribution in [0.4, 0.5) is 0 Å². The Morgan fingerprint density at radius 3 is 2.41 bits per heavy atom. The zero-order valence-electron chi connectivity index (χ0n) is 9.72. The molecule has 17 heavy (non-hydrogen) atoms. The number of Topliss-reactive ketones (excluding diaryl/α,β-unsaturated/α-hetero) is 1. The fourth-order valence-electron chi connectivity index (χ4n) is 2.44. The largest absolute Gasteiger partial charge is 0.480 e. The second-order valence-electron chi connectivity index (χ2n) is 4.39. The molecular formula is C13H15NO3. The van der Waals surface area contributed by atoms with Crippen LogP contribution in [0.2, 0.25) is 0 Å². The molecule has 4 nitrogen and oxygen atoms in total. The SMILES string of the molecule is CN1CCC[C@]1(C(=O)O)C(=O)c1ccccc1. The van der Waals surface area contributed by atoms with E-state index in [-0.39, 0.29) is 5.78 Å².